The molecule has 8 unspecified atom stereocenters. The van der Waals surface area contributed by atoms with Crippen molar-refractivity contribution in [3.05, 3.63) is 46.5 Å². The lowest BCUT2D eigenvalue weighted by molar-refractivity contribution is -0.268. The van der Waals surface area contributed by atoms with Crippen LogP contribution in [0.1, 0.15) is 49.9 Å². The predicted molar refractivity (Wildman–Crippen MR) is 180 cm³/mol. The van der Waals surface area contributed by atoms with E-state index in [1.807, 2.05) is 0 Å². The molecule has 0 spiro atoms. The Morgan fingerprint density at radius 3 is 0.704 bits per heavy atom. The van der Waals surface area contributed by atoms with Crippen LogP contribution in [-0.2, 0) is 56.8 Å². The molecule has 0 radical (unpaired) electrons. The van der Waals surface area contributed by atoms with Gasteiger partial charge in [0.1, 0.15) is 0 Å². The second kappa shape index (κ2) is 21.2. The molecule has 0 saturated heterocycles. The number of rotatable bonds is 28. The van der Waals surface area contributed by atoms with Crippen molar-refractivity contribution in [2.75, 3.05) is 53.6 Å². The number of aliphatic hydroxyl groups excluding tert-OH is 8. The summed E-state index contributed by atoms with van der Waals surface area (Å²) in [4.78, 5) is 0. The topological polar surface area (TPSA) is 273 Å². The molecule has 0 heterocycles. The number of benzene rings is 2. The molecule has 4 rings (SSSR count). The van der Waals surface area contributed by atoms with Crippen LogP contribution in [0.4, 0.5) is 0 Å². The molecule has 2 aliphatic carbocycles. The smallest absolute Gasteiger partial charge is 0.210 e. The Balaban J connectivity index is 1.67. The van der Waals surface area contributed by atoms with Crippen molar-refractivity contribution in [2.24, 2.45) is 0 Å². The van der Waals surface area contributed by atoms with Crippen LogP contribution < -0.4 is 0 Å². The van der Waals surface area contributed by atoms with E-state index in [1.54, 1.807) is 52.0 Å². The van der Waals surface area contributed by atoms with Crippen molar-refractivity contribution in [1.29, 1.82) is 0 Å². The first kappa shape index (κ1) is 43.5. The van der Waals surface area contributed by atoms with Crippen molar-refractivity contribution in [3.63, 3.8) is 0 Å². The van der Waals surface area contributed by atoms with E-state index in [-0.39, 0.29) is 49.5 Å². The Morgan fingerprint density at radius 2 is 0.519 bits per heavy atom. The lowest BCUT2D eigenvalue weighted by Crippen LogP contribution is -2.32. The zero-order chi connectivity index (χ0) is 39.4. The van der Waals surface area contributed by atoms with E-state index >= 15 is 0 Å². The van der Waals surface area contributed by atoms with E-state index in [0.29, 0.717) is 33.0 Å². The number of hydrogen-bond acceptors (Lipinski definition) is 20. The molecule has 2 aromatic carbocycles. The fraction of sp³-hybridized carbons (Fsp3) is 0.588. The number of aliphatic hydroxyl groups is 8. The van der Waals surface area contributed by atoms with E-state index in [0.717, 1.165) is 0 Å². The summed E-state index contributed by atoms with van der Waals surface area (Å²) < 4.78 is 64.4. The lowest BCUT2D eigenvalue weighted by Gasteiger charge is -2.20. The third kappa shape index (κ3) is 10.5. The first-order valence-electron chi connectivity index (χ1n) is 17.0. The highest BCUT2D eigenvalue weighted by Gasteiger charge is 2.36. The third-order valence-corrected chi connectivity index (χ3v) is 7.65. The molecule has 0 amide bonds. The van der Waals surface area contributed by atoms with Gasteiger partial charge in [-0.3, -0.25) is 0 Å². The largest absolute Gasteiger partial charge is 0.463 e. The van der Waals surface area contributed by atoms with Crippen LogP contribution in [-0.4, -0.2) is 145 Å². The minimum absolute atomic E-state index is 0.0971. The molecule has 8 N–H and O–H groups in total. The highest BCUT2D eigenvalue weighted by atomic mass is 16.8. The minimum atomic E-state index is -1.76. The molecule has 20 heteroatoms. The molecule has 20 nitrogen and oxygen atoms in total. The number of ether oxygens (including phenoxy) is 12. The maximum atomic E-state index is 10.1. The molecule has 0 fully saturated rings. The molecule has 8 atom stereocenters. The normalized spacial score (nSPS) is 18.1. The highest BCUT2D eigenvalue weighted by molar-refractivity contribution is 6.19. The van der Waals surface area contributed by atoms with Gasteiger partial charge in [0.15, 0.2) is 50.2 Å². The lowest BCUT2D eigenvalue weighted by atomic mass is 9.98. The average Bonchev–Trinajstić information content (AvgIpc) is 3.62. The Kier molecular flexibility index (Phi) is 17.0. The summed E-state index contributed by atoms with van der Waals surface area (Å²) in [7, 11) is 0. The summed E-state index contributed by atoms with van der Waals surface area (Å²) in [6.07, 6.45) is -13.7. The summed E-state index contributed by atoms with van der Waals surface area (Å²) in [5.41, 5.74) is 1.82. The summed E-state index contributed by atoms with van der Waals surface area (Å²) in [5.74, 6) is 0.388. The average molecular weight is 777 g/mol. The second-order valence-electron chi connectivity index (χ2n) is 11.0. The quantitative estimate of drug-likeness (QED) is 0.0519. The van der Waals surface area contributed by atoms with Gasteiger partial charge in [-0.05, 0) is 52.0 Å². The maximum Gasteiger partial charge on any atom is 0.210 e. The van der Waals surface area contributed by atoms with Crippen LogP contribution in [0, 0.1) is 0 Å². The van der Waals surface area contributed by atoms with Gasteiger partial charge in [-0.2, -0.15) is 0 Å². The highest BCUT2D eigenvalue weighted by Crippen LogP contribution is 2.51. The molecule has 0 aromatic heterocycles. The molecule has 304 valence electrons. The van der Waals surface area contributed by atoms with E-state index in [9.17, 15) is 40.9 Å². The van der Waals surface area contributed by atoms with Crippen LogP contribution in [0.25, 0.3) is 33.8 Å². The van der Waals surface area contributed by atoms with Gasteiger partial charge in [0.05, 0.1) is 0 Å². The summed E-state index contributed by atoms with van der Waals surface area (Å²) in [5, 5.41) is 81.3. The van der Waals surface area contributed by atoms with Gasteiger partial charge in [0.25, 0.3) is 0 Å². The zero-order valence-electron chi connectivity index (χ0n) is 30.1. The van der Waals surface area contributed by atoms with Crippen LogP contribution in [0.3, 0.4) is 0 Å². The Hall–Kier alpha value is -3.26. The first-order chi connectivity index (χ1) is 26.0. The van der Waals surface area contributed by atoms with Gasteiger partial charge in [-0.15, -0.1) is 0 Å². The van der Waals surface area contributed by atoms with E-state index in [1.165, 1.54) is 0 Å². The fourth-order valence-electron chi connectivity index (χ4n) is 5.31. The van der Waals surface area contributed by atoms with E-state index in [4.69, 9.17) is 56.8 Å². The number of hydrogen-bond donors (Lipinski definition) is 8. The molecule has 0 aliphatic heterocycles. The van der Waals surface area contributed by atoms with Gasteiger partial charge in [0.2, 0.25) is 50.3 Å². The Morgan fingerprint density at radius 1 is 0.333 bits per heavy atom. The molecular weight excluding hydrogens is 728 g/mol. The molecule has 2 aliphatic rings. The van der Waals surface area contributed by atoms with Gasteiger partial charge >= 0.3 is 0 Å². The predicted octanol–water partition coefficient (Wildman–Crippen LogP) is -0.226. The van der Waals surface area contributed by atoms with Crippen LogP contribution >= 0.6 is 0 Å². The standard InChI is InChI=1S/C34H48O20/c1-5-43-27(35)31(39)51-13-47-23-17-9-10-19-22-20(12-11-18(21(17)22)24(23)48-14-52-32(40)28(36)44-6-2)26(50-16-54-34(42)30(38)46-8-4)25(19)49-15-53-33(41)29(37)45-7-3/h9-12,27-42H,5-8,13-16H2,1-4H3. The third-order valence-electron chi connectivity index (χ3n) is 7.65. The molecular formula is C34H48O20. The molecule has 0 saturated carbocycles. The summed E-state index contributed by atoms with van der Waals surface area (Å²) >= 11 is 0. The molecule has 54 heavy (non-hydrogen) atoms. The monoisotopic (exact) mass is 776 g/mol. The summed E-state index contributed by atoms with van der Waals surface area (Å²) in [6.45, 7) is 4.52. The zero-order valence-corrected chi connectivity index (χ0v) is 30.1. The maximum absolute atomic E-state index is 10.1. The molecule has 2 aromatic rings. The SMILES string of the molecule is CCOC(O)C(O)OCOC1=C(OCOC(O)C(O)OCC)c2ccc3c4c(ccc1c24)C(OCOC(O)C(O)OCC)=C3OCOC(O)C(O)OCC. The molecule has 0 bridgehead atoms. The first-order valence-corrected chi connectivity index (χ1v) is 17.0. The van der Waals surface area contributed by atoms with Gasteiger partial charge in [-0.1, -0.05) is 0 Å². The van der Waals surface area contributed by atoms with E-state index < -0.39 is 77.5 Å². The minimum Gasteiger partial charge on any atom is -0.463 e. The second-order valence-corrected chi connectivity index (χ2v) is 11.0. The Bertz CT molecular complexity index is 1330. The van der Waals surface area contributed by atoms with Crippen molar-refractivity contribution in [3.8, 4) is 0 Å². The van der Waals surface area contributed by atoms with Crippen LogP contribution in [0.15, 0.2) is 24.3 Å². The van der Waals surface area contributed by atoms with Crippen LogP contribution in [0.2, 0.25) is 0 Å². The van der Waals surface area contributed by atoms with Gasteiger partial charge < -0.3 is 97.7 Å². The van der Waals surface area contributed by atoms with Gasteiger partial charge in [-0.25, -0.2) is 0 Å². The summed E-state index contributed by atoms with van der Waals surface area (Å²) in [6, 6.07) is 6.60. The van der Waals surface area contributed by atoms with Crippen molar-refractivity contribution < 1.29 is 97.7 Å². The van der Waals surface area contributed by atoms with Crippen LogP contribution in [0.5, 0.6) is 0 Å². The van der Waals surface area contributed by atoms with Crippen molar-refractivity contribution in [2.45, 2.75) is 78.0 Å². The van der Waals surface area contributed by atoms with Gasteiger partial charge in [0, 0.05) is 59.5 Å². The van der Waals surface area contributed by atoms with E-state index in [2.05, 4.69) is 0 Å². The Labute approximate surface area is 309 Å². The fourth-order valence-corrected chi connectivity index (χ4v) is 5.31. The van der Waals surface area contributed by atoms with Crippen molar-refractivity contribution in [1.82, 2.24) is 0 Å². The van der Waals surface area contributed by atoms with Crippen molar-refractivity contribution >= 4 is 33.8 Å².